The Labute approximate surface area is 167 Å². The number of hydrogen-bond acceptors (Lipinski definition) is 1. The molecule has 0 spiro atoms. The highest BCUT2D eigenvalue weighted by molar-refractivity contribution is 5.70. The lowest BCUT2D eigenvalue weighted by molar-refractivity contribution is 0.923. The molecule has 1 unspecified atom stereocenters. The number of aryl methyl sites for hydroxylation is 1. The molecule has 1 heterocycles. The van der Waals surface area contributed by atoms with Gasteiger partial charge in [0.2, 0.25) is 0 Å². The molecule has 0 fully saturated rings. The molecule has 0 aliphatic rings. The van der Waals surface area contributed by atoms with Crippen LogP contribution in [0.1, 0.15) is 35.0 Å². The molecule has 0 bridgehead atoms. The van der Waals surface area contributed by atoms with Gasteiger partial charge in [-0.3, -0.25) is 4.98 Å². The molecule has 132 valence electrons. The topological polar surface area (TPSA) is 12.9 Å². The van der Waals surface area contributed by atoms with Crippen LogP contribution in [0.5, 0.6) is 0 Å². The van der Waals surface area contributed by atoms with E-state index in [1.165, 1.54) is 0 Å². The van der Waals surface area contributed by atoms with Gasteiger partial charge < -0.3 is 0 Å². The molecule has 1 aromatic heterocycles. The summed E-state index contributed by atoms with van der Waals surface area (Å²) in [4.78, 5) is 4.58. The Bertz CT molecular complexity index is 1180. The summed E-state index contributed by atoms with van der Waals surface area (Å²) in [6.07, 6.45) is 1.64. The van der Waals surface area contributed by atoms with Crippen LogP contribution in [0.4, 0.5) is 0 Å². The summed E-state index contributed by atoms with van der Waals surface area (Å²) < 4.78 is 33.1. The molecule has 1 heteroatoms. The van der Waals surface area contributed by atoms with E-state index in [1.54, 1.807) is 12.3 Å². The van der Waals surface area contributed by atoms with E-state index in [0.717, 1.165) is 22.3 Å². The average Bonchev–Trinajstić information content (AvgIpc) is 2.79. The fourth-order valence-electron chi connectivity index (χ4n) is 3.23. The highest BCUT2D eigenvalue weighted by atomic mass is 14.7. The van der Waals surface area contributed by atoms with E-state index in [0.29, 0.717) is 11.3 Å². The maximum atomic E-state index is 8.94. The Hall–Kier alpha value is -3.19. The van der Waals surface area contributed by atoms with Crippen molar-refractivity contribution in [1.29, 1.82) is 0 Å². The minimum Gasteiger partial charge on any atom is -0.256 e. The summed E-state index contributed by atoms with van der Waals surface area (Å²) in [5.74, 6) is -0.936. The molecule has 4 aromatic rings. The van der Waals surface area contributed by atoms with Crippen molar-refractivity contribution in [2.75, 3.05) is 0 Å². The molecule has 0 aliphatic carbocycles. The van der Waals surface area contributed by atoms with Crippen LogP contribution >= 0.6 is 0 Å². The molecule has 1 atom stereocenters. The van der Waals surface area contributed by atoms with E-state index in [9.17, 15) is 0 Å². The summed E-state index contributed by atoms with van der Waals surface area (Å²) in [6, 6.07) is 28.4. The number of aromatic nitrogens is 1. The number of hydrogen-bond donors (Lipinski definition) is 0. The minimum atomic E-state index is -2.27. The van der Waals surface area contributed by atoms with Crippen molar-refractivity contribution in [3.05, 3.63) is 114 Å². The minimum absolute atomic E-state index is 0.269. The average molecular weight is 354 g/mol. The van der Waals surface area contributed by atoms with Crippen LogP contribution in [-0.2, 0) is 0 Å². The Morgan fingerprint density at radius 2 is 1.44 bits per heavy atom. The molecular weight excluding hydrogens is 326 g/mol. The second-order valence-electron chi connectivity index (χ2n) is 6.55. The van der Waals surface area contributed by atoms with Gasteiger partial charge in [-0.15, -0.1) is 0 Å². The largest absolute Gasteiger partial charge is 0.256 e. The van der Waals surface area contributed by atoms with Crippen LogP contribution in [0, 0.1) is 6.85 Å². The van der Waals surface area contributed by atoms with Gasteiger partial charge >= 0.3 is 0 Å². The van der Waals surface area contributed by atoms with Crippen molar-refractivity contribution < 1.29 is 5.48 Å². The molecule has 0 saturated carbocycles. The lowest BCUT2D eigenvalue weighted by Crippen LogP contribution is -1.96. The first-order valence-electron chi connectivity index (χ1n) is 11.0. The lowest BCUT2D eigenvalue weighted by Gasteiger charge is -2.14. The van der Waals surface area contributed by atoms with Gasteiger partial charge in [0.1, 0.15) is 0 Å². The normalized spacial score (nSPS) is 15.7. The molecular formula is C26H23N. The first kappa shape index (κ1) is 13.1. The zero-order valence-corrected chi connectivity index (χ0v) is 15.2. The Balaban J connectivity index is 1.80. The molecule has 0 amide bonds. The second-order valence-corrected chi connectivity index (χ2v) is 6.55. The van der Waals surface area contributed by atoms with E-state index in [-0.39, 0.29) is 5.56 Å². The lowest BCUT2D eigenvalue weighted by atomic mass is 9.91. The molecule has 4 rings (SSSR count). The number of pyridine rings is 1. The maximum absolute atomic E-state index is 8.94. The predicted molar refractivity (Wildman–Crippen MR) is 114 cm³/mol. The highest BCUT2D eigenvalue weighted by Gasteiger charge is 2.11. The number of nitrogens with zero attached hydrogens (tertiary/aromatic N) is 1. The van der Waals surface area contributed by atoms with Gasteiger partial charge in [0, 0.05) is 28.7 Å². The predicted octanol–water partition coefficient (Wildman–Crippen LogP) is 6.88. The standard InChI is InChI=1S/C26H23N/c1-19-16-26(27-18-25(19)22-12-7-4-8-13-22)24-15-9-14-23(17-24)20(2)21-10-5-3-6-11-21/h3-18,20H,1-2H3/i1D3,20D. The Kier molecular flexibility index (Phi) is 3.67. The zero-order valence-electron chi connectivity index (χ0n) is 19.2. The van der Waals surface area contributed by atoms with Crippen LogP contribution in [0.25, 0.3) is 22.4 Å². The molecule has 1 nitrogen and oxygen atoms in total. The van der Waals surface area contributed by atoms with Gasteiger partial charge in [0.15, 0.2) is 0 Å². The van der Waals surface area contributed by atoms with Crippen molar-refractivity contribution in [2.45, 2.75) is 19.7 Å². The molecule has 0 N–H and O–H groups in total. The van der Waals surface area contributed by atoms with E-state index in [1.807, 2.05) is 91.9 Å². The van der Waals surface area contributed by atoms with Gasteiger partial charge in [-0.1, -0.05) is 85.8 Å². The molecule has 27 heavy (non-hydrogen) atoms. The summed E-state index contributed by atoms with van der Waals surface area (Å²) in [5.41, 5.74) is 4.78. The summed E-state index contributed by atoms with van der Waals surface area (Å²) in [7, 11) is 0. The van der Waals surface area contributed by atoms with Gasteiger partial charge in [-0.05, 0) is 41.2 Å². The summed E-state index contributed by atoms with van der Waals surface area (Å²) in [5, 5.41) is 0. The zero-order chi connectivity index (χ0) is 22.1. The van der Waals surface area contributed by atoms with Crippen LogP contribution in [-0.4, -0.2) is 4.98 Å². The van der Waals surface area contributed by atoms with Crippen molar-refractivity contribution >= 4 is 0 Å². The molecule has 3 aromatic carbocycles. The second kappa shape index (κ2) is 7.59. The van der Waals surface area contributed by atoms with E-state index < -0.39 is 12.7 Å². The van der Waals surface area contributed by atoms with Crippen LogP contribution in [0.3, 0.4) is 0 Å². The van der Waals surface area contributed by atoms with Crippen molar-refractivity contribution in [2.24, 2.45) is 0 Å². The first-order chi connectivity index (χ1) is 14.8. The van der Waals surface area contributed by atoms with Gasteiger partial charge in [-0.25, -0.2) is 0 Å². The van der Waals surface area contributed by atoms with Crippen LogP contribution in [0.15, 0.2) is 97.2 Å². The highest BCUT2D eigenvalue weighted by Crippen LogP contribution is 2.30. The van der Waals surface area contributed by atoms with Gasteiger partial charge in [-0.2, -0.15) is 0 Å². The molecule has 0 aliphatic heterocycles. The Morgan fingerprint density at radius 1 is 0.778 bits per heavy atom. The van der Waals surface area contributed by atoms with E-state index in [4.69, 9.17) is 5.48 Å². The molecule has 0 saturated heterocycles. The van der Waals surface area contributed by atoms with E-state index >= 15 is 0 Å². The van der Waals surface area contributed by atoms with Gasteiger partial charge in [0.25, 0.3) is 0 Å². The monoisotopic (exact) mass is 353 g/mol. The van der Waals surface area contributed by atoms with Crippen molar-refractivity contribution in [3.63, 3.8) is 0 Å². The van der Waals surface area contributed by atoms with Crippen LogP contribution in [0.2, 0.25) is 0 Å². The van der Waals surface area contributed by atoms with Gasteiger partial charge in [0.05, 0.1) is 5.69 Å². The third-order valence-electron chi connectivity index (χ3n) is 4.79. The quantitative estimate of drug-likeness (QED) is 0.390. The van der Waals surface area contributed by atoms with Crippen LogP contribution < -0.4 is 0 Å². The van der Waals surface area contributed by atoms with Crippen molar-refractivity contribution in [1.82, 2.24) is 4.98 Å². The molecule has 0 radical (unpaired) electrons. The Morgan fingerprint density at radius 3 is 2.19 bits per heavy atom. The third kappa shape index (κ3) is 3.68. The summed E-state index contributed by atoms with van der Waals surface area (Å²) in [6.45, 7) is -0.407. The van der Waals surface area contributed by atoms with E-state index in [2.05, 4.69) is 4.98 Å². The fourth-order valence-corrected chi connectivity index (χ4v) is 3.23. The fraction of sp³-hybridized carbons (Fsp3) is 0.115. The number of rotatable bonds is 4. The maximum Gasteiger partial charge on any atom is 0.0705 e. The third-order valence-corrected chi connectivity index (χ3v) is 4.79. The SMILES string of the molecule is [2H]C([2H])([2H])c1cc(-c2cccc(C([2H])(C)c3ccccc3)c2)ncc1-c1ccccc1. The first-order valence-corrected chi connectivity index (χ1v) is 8.99. The number of benzene rings is 3. The smallest absolute Gasteiger partial charge is 0.0705 e. The summed E-state index contributed by atoms with van der Waals surface area (Å²) >= 11 is 0. The van der Waals surface area contributed by atoms with Crippen molar-refractivity contribution in [3.8, 4) is 22.4 Å².